The number of benzene rings is 1. The quantitative estimate of drug-likeness (QED) is 0.851. The molecule has 1 aromatic heterocycles. The van der Waals surface area contributed by atoms with Gasteiger partial charge in [0, 0.05) is 12.2 Å². The molecule has 4 nitrogen and oxygen atoms in total. The van der Waals surface area contributed by atoms with Gasteiger partial charge in [-0.1, -0.05) is 11.8 Å². The predicted molar refractivity (Wildman–Crippen MR) is 80.8 cm³/mol. The van der Waals surface area contributed by atoms with E-state index in [0.717, 1.165) is 33.1 Å². The van der Waals surface area contributed by atoms with E-state index in [1.807, 2.05) is 24.5 Å². The zero-order chi connectivity index (χ0) is 13.5. The van der Waals surface area contributed by atoms with Crippen LogP contribution >= 0.6 is 23.1 Å². The number of thioether (sulfide) groups is 1. The molecule has 2 aromatic rings. The molecule has 1 amide bonds. The molecule has 1 fully saturated rings. The van der Waals surface area contributed by atoms with Crippen molar-refractivity contribution in [2.75, 3.05) is 18.1 Å². The van der Waals surface area contributed by atoms with E-state index in [1.165, 1.54) is 0 Å². The van der Waals surface area contributed by atoms with Crippen LogP contribution in [0.3, 0.4) is 0 Å². The summed E-state index contributed by atoms with van der Waals surface area (Å²) >= 11 is 3.28. The number of thiazole rings is 1. The van der Waals surface area contributed by atoms with E-state index >= 15 is 0 Å². The number of rotatable bonds is 4. The van der Waals surface area contributed by atoms with Crippen LogP contribution in [0.1, 0.15) is 12.8 Å². The molecule has 0 bridgehead atoms. The Morgan fingerprint density at radius 1 is 1.58 bits per heavy atom. The Hall–Kier alpha value is -1.11. The molecule has 1 heterocycles. The maximum absolute atomic E-state index is 12.1. The Bertz CT molecular complexity index is 634. The van der Waals surface area contributed by atoms with Crippen LogP contribution in [0.15, 0.2) is 22.5 Å². The largest absolute Gasteiger partial charge is 0.329 e. The summed E-state index contributed by atoms with van der Waals surface area (Å²) in [6.45, 7) is 0.429. The van der Waals surface area contributed by atoms with Gasteiger partial charge in [0.2, 0.25) is 5.91 Å². The maximum atomic E-state index is 12.1. The van der Waals surface area contributed by atoms with E-state index < -0.39 is 0 Å². The molecule has 3 N–H and O–H groups in total. The standard InChI is InChI=1S/C13H15N3OS2/c1-18-12-16-9-3-2-8(6-10(9)19-12)15-11(17)13(7-14)4-5-13/h2-3,6H,4-5,7,14H2,1H3,(H,15,17). The number of amides is 1. The third-order valence-corrected chi connectivity index (χ3v) is 5.53. The molecule has 1 saturated carbocycles. The molecular weight excluding hydrogens is 278 g/mol. The minimum absolute atomic E-state index is 0.0453. The fraction of sp³-hybridized carbons (Fsp3) is 0.385. The number of nitrogens with zero attached hydrogens (tertiary/aromatic N) is 1. The molecule has 0 unspecified atom stereocenters. The third kappa shape index (κ3) is 2.35. The highest BCUT2D eigenvalue weighted by Crippen LogP contribution is 2.45. The molecule has 0 atom stereocenters. The van der Waals surface area contributed by atoms with Crippen molar-refractivity contribution in [2.24, 2.45) is 11.1 Å². The van der Waals surface area contributed by atoms with Crippen LogP contribution in [0.2, 0.25) is 0 Å². The zero-order valence-electron chi connectivity index (χ0n) is 10.6. The number of carbonyl (C=O) groups is 1. The van der Waals surface area contributed by atoms with Crippen LogP contribution in [0, 0.1) is 5.41 Å². The highest BCUT2D eigenvalue weighted by atomic mass is 32.2. The van der Waals surface area contributed by atoms with Crippen molar-refractivity contribution in [1.82, 2.24) is 4.98 Å². The summed E-state index contributed by atoms with van der Waals surface area (Å²) in [5.74, 6) is 0.0453. The minimum atomic E-state index is -0.312. The SMILES string of the molecule is CSc1nc2ccc(NC(=O)C3(CN)CC3)cc2s1. The second-order valence-corrected chi connectivity index (χ2v) is 6.89. The van der Waals surface area contributed by atoms with Crippen molar-refractivity contribution in [3.63, 3.8) is 0 Å². The van der Waals surface area contributed by atoms with E-state index in [2.05, 4.69) is 10.3 Å². The molecule has 0 radical (unpaired) electrons. The maximum Gasteiger partial charge on any atom is 0.231 e. The number of anilines is 1. The van der Waals surface area contributed by atoms with Gasteiger partial charge >= 0.3 is 0 Å². The van der Waals surface area contributed by atoms with Gasteiger partial charge in [0.15, 0.2) is 4.34 Å². The highest BCUT2D eigenvalue weighted by molar-refractivity contribution is 8.00. The average Bonchev–Trinajstić information content (AvgIpc) is 3.12. The van der Waals surface area contributed by atoms with E-state index in [-0.39, 0.29) is 11.3 Å². The molecule has 19 heavy (non-hydrogen) atoms. The summed E-state index contributed by atoms with van der Waals surface area (Å²) in [7, 11) is 0. The third-order valence-electron chi connectivity index (χ3n) is 3.53. The summed E-state index contributed by atoms with van der Waals surface area (Å²) in [5, 5.41) is 2.97. The highest BCUT2D eigenvalue weighted by Gasteiger charge is 2.48. The van der Waals surface area contributed by atoms with Gasteiger partial charge in [-0.05, 0) is 37.3 Å². The molecule has 100 valence electrons. The van der Waals surface area contributed by atoms with Gasteiger partial charge in [0.25, 0.3) is 0 Å². The van der Waals surface area contributed by atoms with Gasteiger partial charge in [0.1, 0.15) is 0 Å². The number of fused-ring (bicyclic) bond motifs is 1. The van der Waals surface area contributed by atoms with Crippen molar-refractivity contribution in [2.45, 2.75) is 17.2 Å². The van der Waals surface area contributed by atoms with Crippen molar-refractivity contribution in [1.29, 1.82) is 0 Å². The second kappa shape index (κ2) is 4.77. The van der Waals surface area contributed by atoms with Crippen molar-refractivity contribution in [3.05, 3.63) is 18.2 Å². The normalized spacial score (nSPS) is 16.5. The zero-order valence-corrected chi connectivity index (χ0v) is 12.2. The molecule has 0 saturated heterocycles. The molecule has 3 rings (SSSR count). The lowest BCUT2D eigenvalue weighted by Crippen LogP contribution is -2.30. The number of carbonyl (C=O) groups excluding carboxylic acids is 1. The van der Waals surface area contributed by atoms with Crippen LogP contribution in [0.5, 0.6) is 0 Å². The van der Waals surface area contributed by atoms with Crippen LogP contribution in [-0.4, -0.2) is 23.7 Å². The summed E-state index contributed by atoms with van der Waals surface area (Å²) in [5.41, 5.74) is 7.16. The molecule has 1 aromatic carbocycles. The summed E-state index contributed by atoms with van der Waals surface area (Å²) < 4.78 is 2.14. The Kier molecular flexibility index (Phi) is 3.24. The van der Waals surface area contributed by atoms with Crippen molar-refractivity contribution < 1.29 is 4.79 Å². The Balaban J connectivity index is 1.83. The predicted octanol–water partition coefficient (Wildman–Crippen LogP) is 2.70. The lowest BCUT2D eigenvalue weighted by atomic mass is 10.1. The first-order valence-corrected chi connectivity index (χ1v) is 8.17. The van der Waals surface area contributed by atoms with E-state index in [1.54, 1.807) is 23.1 Å². The Labute approximate surface area is 119 Å². The molecule has 1 aliphatic carbocycles. The number of hydrogen-bond donors (Lipinski definition) is 2. The van der Waals surface area contributed by atoms with Gasteiger partial charge < -0.3 is 11.1 Å². The Morgan fingerprint density at radius 2 is 2.37 bits per heavy atom. The molecular formula is C13H15N3OS2. The van der Waals surface area contributed by atoms with E-state index in [9.17, 15) is 4.79 Å². The molecule has 1 aliphatic rings. The smallest absolute Gasteiger partial charge is 0.231 e. The van der Waals surface area contributed by atoms with Gasteiger partial charge in [-0.3, -0.25) is 4.79 Å². The van der Waals surface area contributed by atoms with Crippen LogP contribution < -0.4 is 11.1 Å². The topological polar surface area (TPSA) is 68.0 Å². The molecule has 0 spiro atoms. The van der Waals surface area contributed by atoms with Crippen LogP contribution in [-0.2, 0) is 4.79 Å². The summed E-state index contributed by atoms with van der Waals surface area (Å²) in [6.07, 6.45) is 3.81. The summed E-state index contributed by atoms with van der Waals surface area (Å²) in [6, 6.07) is 5.83. The van der Waals surface area contributed by atoms with Gasteiger partial charge in [-0.2, -0.15) is 0 Å². The molecule has 0 aliphatic heterocycles. The minimum Gasteiger partial charge on any atom is -0.329 e. The monoisotopic (exact) mass is 293 g/mol. The lowest BCUT2D eigenvalue weighted by Gasteiger charge is -2.12. The van der Waals surface area contributed by atoms with Crippen molar-refractivity contribution >= 4 is 44.9 Å². The molecule has 6 heteroatoms. The van der Waals surface area contributed by atoms with E-state index in [4.69, 9.17) is 5.73 Å². The van der Waals surface area contributed by atoms with Gasteiger partial charge in [-0.25, -0.2) is 4.98 Å². The van der Waals surface area contributed by atoms with Gasteiger partial charge in [0.05, 0.1) is 15.6 Å². The first-order chi connectivity index (χ1) is 9.16. The first kappa shape index (κ1) is 12.9. The average molecular weight is 293 g/mol. The number of nitrogens with one attached hydrogen (secondary N) is 1. The fourth-order valence-electron chi connectivity index (χ4n) is 2.01. The number of hydrogen-bond acceptors (Lipinski definition) is 5. The van der Waals surface area contributed by atoms with Crippen LogP contribution in [0.25, 0.3) is 10.2 Å². The second-order valence-electron chi connectivity index (χ2n) is 4.80. The van der Waals surface area contributed by atoms with Crippen LogP contribution in [0.4, 0.5) is 5.69 Å². The lowest BCUT2D eigenvalue weighted by molar-refractivity contribution is -0.120. The van der Waals surface area contributed by atoms with Gasteiger partial charge in [-0.15, -0.1) is 11.3 Å². The van der Waals surface area contributed by atoms with E-state index in [0.29, 0.717) is 6.54 Å². The first-order valence-electron chi connectivity index (χ1n) is 6.13. The number of nitrogens with two attached hydrogens (primary N) is 1. The Morgan fingerprint density at radius 3 is 3.00 bits per heavy atom. The fourth-order valence-corrected chi connectivity index (χ4v) is 3.54. The summed E-state index contributed by atoms with van der Waals surface area (Å²) in [4.78, 5) is 16.6. The number of aromatic nitrogens is 1. The van der Waals surface area contributed by atoms with Crippen molar-refractivity contribution in [3.8, 4) is 0 Å².